The van der Waals surface area contributed by atoms with Crippen LogP contribution in [0, 0.1) is 0 Å². The number of thioether (sulfide) groups is 1. The molecule has 29 heavy (non-hydrogen) atoms. The number of benzene rings is 2. The molecule has 2 aromatic carbocycles. The molecule has 0 radical (unpaired) electrons. The number of anilines is 1. The maximum Gasteiger partial charge on any atom is 0.291 e. The Labute approximate surface area is 169 Å². The van der Waals surface area contributed by atoms with Gasteiger partial charge in [0.15, 0.2) is 11.4 Å². The van der Waals surface area contributed by atoms with Gasteiger partial charge < -0.3 is 9.73 Å². The number of hydrogen-bond donors (Lipinski definition) is 2. The number of carbonyl (C=O) groups is 1. The molecule has 0 bridgehead atoms. The van der Waals surface area contributed by atoms with Crippen molar-refractivity contribution in [2.75, 3.05) is 5.32 Å². The molecule has 2 N–H and O–H groups in total. The number of carbonyl (C=O) groups excluding carboxylic acids is 1. The van der Waals surface area contributed by atoms with Crippen LogP contribution in [0.4, 0.5) is 5.69 Å². The van der Waals surface area contributed by atoms with E-state index in [1.807, 2.05) is 48.5 Å². The highest BCUT2D eigenvalue weighted by molar-refractivity contribution is 7.98. The van der Waals surface area contributed by atoms with E-state index in [2.05, 4.69) is 25.5 Å². The first-order chi connectivity index (χ1) is 14.3. The summed E-state index contributed by atoms with van der Waals surface area (Å²) in [5, 5.41) is 12.4. The molecule has 0 aliphatic carbocycles. The summed E-state index contributed by atoms with van der Waals surface area (Å²) in [6.45, 7) is 0. The minimum atomic E-state index is -0.276. The van der Waals surface area contributed by atoms with Crippen molar-refractivity contribution < 1.29 is 9.21 Å². The van der Waals surface area contributed by atoms with Crippen molar-refractivity contribution in [3.8, 4) is 0 Å². The van der Waals surface area contributed by atoms with Crippen LogP contribution in [0.2, 0.25) is 0 Å². The Morgan fingerprint density at radius 2 is 2.03 bits per heavy atom. The third-order valence-corrected chi connectivity index (χ3v) is 5.50. The SMILES string of the molecule is O=C(Nc1cccc(CSc2ncnc3[nH]ncc23)c1)c1cc2ccccc2o1. The number of fused-ring (bicyclic) bond motifs is 2. The van der Waals surface area contributed by atoms with Crippen molar-refractivity contribution in [3.63, 3.8) is 0 Å². The number of nitrogens with one attached hydrogen (secondary N) is 2. The fourth-order valence-electron chi connectivity index (χ4n) is 3.03. The van der Waals surface area contributed by atoms with Gasteiger partial charge in [0.1, 0.15) is 16.9 Å². The molecule has 0 atom stereocenters. The lowest BCUT2D eigenvalue weighted by Gasteiger charge is -2.06. The molecule has 3 heterocycles. The van der Waals surface area contributed by atoms with E-state index in [-0.39, 0.29) is 11.7 Å². The summed E-state index contributed by atoms with van der Waals surface area (Å²) in [5.41, 5.74) is 3.19. The van der Waals surface area contributed by atoms with E-state index in [1.165, 1.54) is 6.33 Å². The summed E-state index contributed by atoms with van der Waals surface area (Å²) >= 11 is 1.59. The number of furan rings is 1. The third-order valence-electron chi connectivity index (χ3n) is 4.42. The number of rotatable bonds is 5. The van der Waals surface area contributed by atoms with Crippen LogP contribution in [0.25, 0.3) is 22.0 Å². The Bertz CT molecular complexity index is 1290. The summed E-state index contributed by atoms with van der Waals surface area (Å²) in [5.74, 6) is 0.710. The molecule has 5 aromatic rings. The Hall–Kier alpha value is -3.65. The van der Waals surface area contributed by atoms with Crippen molar-refractivity contribution in [3.05, 3.63) is 78.4 Å². The van der Waals surface area contributed by atoms with Crippen LogP contribution in [0.15, 0.2) is 76.6 Å². The van der Waals surface area contributed by atoms with Gasteiger partial charge in [-0.15, -0.1) is 11.8 Å². The average molecular weight is 401 g/mol. The lowest BCUT2D eigenvalue weighted by atomic mass is 10.2. The van der Waals surface area contributed by atoms with E-state index >= 15 is 0 Å². The molecule has 0 saturated carbocycles. The predicted molar refractivity (Wildman–Crippen MR) is 112 cm³/mol. The van der Waals surface area contributed by atoms with E-state index in [0.717, 1.165) is 21.4 Å². The van der Waals surface area contributed by atoms with Crippen LogP contribution < -0.4 is 5.32 Å². The maximum absolute atomic E-state index is 12.6. The quantitative estimate of drug-likeness (QED) is 0.329. The van der Waals surface area contributed by atoms with Gasteiger partial charge >= 0.3 is 0 Å². The molecule has 1 amide bonds. The minimum absolute atomic E-state index is 0.276. The molecule has 0 fully saturated rings. The second-order valence-corrected chi connectivity index (χ2v) is 7.37. The summed E-state index contributed by atoms with van der Waals surface area (Å²) in [6, 6.07) is 17.0. The zero-order chi connectivity index (χ0) is 19.6. The number of amides is 1. The zero-order valence-electron chi connectivity index (χ0n) is 15.1. The lowest BCUT2D eigenvalue weighted by molar-refractivity contribution is 0.0998. The van der Waals surface area contributed by atoms with Crippen LogP contribution >= 0.6 is 11.8 Å². The molecule has 5 rings (SSSR count). The van der Waals surface area contributed by atoms with E-state index in [1.54, 1.807) is 24.0 Å². The van der Waals surface area contributed by atoms with Gasteiger partial charge in [0, 0.05) is 16.8 Å². The molecular weight excluding hydrogens is 386 g/mol. The van der Waals surface area contributed by atoms with E-state index in [9.17, 15) is 4.79 Å². The molecule has 0 unspecified atom stereocenters. The fourth-order valence-corrected chi connectivity index (χ4v) is 3.94. The summed E-state index contributed by atoms with van der Waals surface area (Å²) in [7, 11) is 0. The Morgan fingerprint density at radius 1 is 1.10 bits per heavy atom. The summed E-state index contributed by atoms with van der Waals surface area (Å²) in [6.07, 6.45) is 3.24. The van der Waals surface area contributed by atoms with Crippen molar-refractivity contribution in [1.29, 1.82) is 0 Å². The van der Waals surface area contributed by atoms with Gasteiger partial charge in [-0.05, 0) is 29.8 Å². The topological polar surface area (TPSA) is 96.7 Å². The molecule has 3 aromatic heterocycles. The van der Waals surface area contributed by atoms with Crippen LogP contribution in [-0.2, 0) is 5.75 Å². The molecular formula is C21H15N5O2S. The van der Waals surface area contributed by atoms with Crippen LogP contribution in [-0.4, -0.2) is 26.1 Å². The molecule has 8 heteroatoms. The number of nitrogens with zero attached hydrogens (tertiary/aromatic N) is 3. The van der Waals surface area contributed by atoms with Crippen LogP contribution in [0.1, 0.15) is 16.1 Å². The third kappa shape index (κ3) is 3.57. The van der Waals surface area contributed by atoms with Crippen molar-refractivity contribution in [2.24, 2.45) is 0 Å². The highest BCUT2D eigenvalue weighted by Crippen LogP contribution is 2.27. The standard InChI is InChI=1S/C21H15N5O2S/c27-20(18-9-14-5-1-2-7-17(14)28-18)25-15-6-3-4-13(8-15)11-29-21-16-10-24-26-19(16)22-12-23-21/h1-10,12H,11H2,(H,25,27)(H,22,23,24,26). The number of para-hydroxylation sites is 1. The minimum Gasteiger partial charge on any atom is -0.451 e. The van der Waals surface area contributed by atoms with Crippen LogP contribution in [0.3, 0.4) is 0 Å². The molecule has 7 nitrogen and oxygen atoms in total. The Kier molecular flexibility index (Phi) is 4.45. The van der Waals surface area contributed by atoms with E-state index in [0.29, 0.717) is 22.7 Å². The Morgan fingerprint density at radius 3 is 2.97 bits per heavy atom. The second kappa shape index (κ2) is 7.40. The van der Waals surface area contributed by atoms with Crippen molar-refractivity contribution in [1.82, 2.24) is 20.2 Å². The van der Waals surface area contributed by atoms with Gasteiger partial charge in [0.2, 0.25) is 0 Å². The first kappa shape index (κ1) is 17.4. The van der Waals surface area contributed by atoms with E-state index < -0.39 is 0 Å². The Balaban J connectivity index is 1.30. The molecule has 142 valence electrons. The first-order valence-corrected chi connectivity index (χ1v) is 9.90. The fraction of sp³-hybridized carbons (Fsp3) is 0.0476. The van der Waals surface area contributed by atoms with Crippen molar-refractivity contribution in [2.45, 2.75) is 10.8 Å². The largest absolute Gasteiger partial charge is 0.451 e. The van der Waals surface area contributed by atoms with Crippen LogP contribution in [0.5, 0.6) is 0 Å². The number of aromatic amines is 1. The van der Waals surface area contributed by atoms with Gasteiger partial charge in [-0.25, -0.2) is 9.97 Å². The normalized spacial score (nSPS) is 11.2. The monoisotopic (exact) mass is 401 g/mol. The predicted octanol–water partition coefficient (Wildman–Crippen LogP) is 4.64. The van der Waals surface area contributed by atoms with Gasteiger partial charge in [-0.3, -0.25) is 9.89 Å². The highest BCUT2D eigenvalue weighted by Gasteiger charge is 2.13. The van der Waals surface area contributed by atoms with Gasteiger partial charge in [-0.1, -0.05) is 30.3 Å². The average Bonchev–Trinajstić information content (AvgIpc) is 3.39. The molecule has 0 saturated heterocycles. The number of aromatic nitrogens is 4. The lowest BCUT2D eigenvalue weighted by Crippen LogP contribution is -2.10. The second-order valence-electron chi connectivity index (χ2n) is 6.40. The molecule has 0 aliphatic rings. The number of hydrogen-bond acceptors (Lipinski definition) is 6. The summed E-state index contributed by atoms with van der Waals surface area (Å²) in [4.78, 5) is 21.0. The van der Waals surface area contributed by atoms with Gasteiger partial charge in [-0.2, -0.15) is 5.10 Å². The van der Waals surface area contributed by atoms with Gasteiger partial charge in [0.25, 0.3) is 5.91 Å². The molecule has 0 spiro atoms. The van der Waals surface area contributed by atoms with Crippen molar-refractivity contribution >= 4 is 45.4 Å². The smallest absolute Gasteiger partial charge is 0.291 e. The van der Waals surface area contributed by atoms with Gasteiger partial charge in [0.05, 0.1) is 11.6 Å². The van der Waals surface area contributed by atoms with E-state index in [4.69, 9.17) is 4.42 Å². The number of H-pyrrole nitrogens is 1. The highest BCUT2D eigenvalue weighted by atomic mass is 32.2. The summed E-state index contributed by atoms with van der Waals surface area (Å²) < 4.78 is 5.63. The zero-order valence-corrected chi connectivity index (χ0v) is 15.9. The maximum atomic E-state index is 12.6. The molecule has 0 aliphatic heterocycles. The first-order valence-electron chi connectivity index (χ1n) is 8.92.